The van der Waals surface area contributed by atoms with E-state index in [9.17, 15) is 4.79 Å². The Kier molecular flexibility index (Phi) is 5.18. The number of hydrogen-bond acceptors (Lipinski definition) is 4. The molecule has 1 aromatic rings. The molecule has 3 rings (SSSR count). The number of rotatable bonds is 5. The number of carbonyl (C=O) groups excluding carboxylic acids is 1. The van der Waals surface area contributed by atoms with Crippen molar-refractivity contribution in [3.63, 3.8) is 0 Å². The highest BCUT2D eigenvalue weighted by Gasteiger charge is 2.38. The van der Waals surface area contributed by atoms with E-state index < -0.39 is 5.41 Å². The van der Waals surface area contributed by atoms with Crippen molar-refractivity contribution in [2.45, 2.75) is 44.6 Å². The maximum atomic E-state index is 12.6. The SMILES string of the molecule is NCC1(C(=O)Nc2ccc(OC3CCCC3)cc2)CCOCC1. The third-order valence-corrected chi connectivity index (χ3v) is 5.04. The molecule has 5 nitrogen and oxygen atoms in total. The summed E-state index contributed by atoms with van der Waals surface area (Å²) in [7, 11) is 0. The zero-order valence-electron chi connectivity index (χ0n) is 13.6. The molecule has 1 aliphatic heterocycles. The minimum Gasteiger partial charge on any atom is -0.490 e. The minimum atomic E-state index is -0.503. The number of ether oxygens (including phenoxy) is 2. The summed E-state index contributed by atoms with van der Waals surface area (Å²) in [4.78, 5) is 12.6. The van der Waals surface area contributed by atoms with Crippen LogP contribution in [0.1, 0.15) is 38.5 Å². The van der Waals surface area contributed by atoms with Crippen LogP contribution in [0.3, 0.4) is 0 Å². The first-order valence-electron chi connectivity index (χ1n) is 8.58. The Hall–Kier alpha value is -1.59. The molecule has 1 amide bonds. The molecular weight excluding hydrogens is 292 g/mol. The first-order chi connectivity index (χ1) is 11.2. The highest BCUT2D eigenvalue weighted by Crippen LogP contribution is 2.31. The van der Waals surface area contributed by atoms with Gasteiger partial charge in [0.15, 0.2) is 0 Å². The first kappa shape index (κ1) is 16.3. The third kappa shape index (κ3) is 3.85. The van der Waals surface area contributed by atoms with Crippen molar-refractivity contribution in [1.82, 2.24) is 0 Å². The summed E-state index contributed by atoms with van der Waals surface area (Å²) >= 11 is 0. The minimum absolute atomic E-state index is 0.00670. The monoisotopic (exact) mass is 318 g/mol. The van der Waals surface area contributed by atoms with Crippen LogP contribution in [0.25, 0.3) is 0 Å². The van der Waals surface area contributed by atoms with E-state index in [0.717, 1.165) is 24.3 Å². The number of nitrogens with two attached hydrogens (primary N) is 1. The molecule has 126 valence electrons. The fourth-order valence-electron chi connectivity index (χ4n) is 3.37. The second kappa shape index (κ2) is 7.32. The van der Waals surface area contributed by atoms with Gasteiger partial charge in [0.2, 0.25) is 5.91 Å². The summed E-state index contributed by atoms with van der Waals surface area (Å²) in [6.07, 6.45) is 6.49. The van der Waals surface area contributed by atoms with Gasteiger partial charge in [-0.1, -0.05) is 0 Å². The molecule has 3 N–H and O–H groups in total. The van der Waals surface area contributed by atoms with Gasteiger partial charge in [-0.3, -0.25) is 4.79 Å². The number of anilines is 1. The van der Waals surface area contributed by atoms with Crippen molar-refractivity contribution < 1.29 is 14.3 Å². The lowest BCUT2D eigenvalue weighted by Gasteiger charge is -2.34. The van der Waals surface area contributed by atoms with Crippen molar-refractivity contribution in [2.75, 3.05) is 25.1 Å². The Bertz CT molecular complexity index is 518. The highest BCUT2D eigenvalue weighted by atomic mass is 16.5. The van der Waals surface area contributed by atoms with Gasteiger partial charge < -0.3 is 20.5 Å². The summed E-state index contributed by atoms with van der Waals surface area (Å²) in [6, 6.07) is 7.64. The average Bonchev–Trinajstić information content (AvgIpc) is 3.10. The molecule has 0 bridgehead atoms. The molecule has 0 radical (unpaired) electrons. The molecule has 5 heteroatoms. The van der Waals surface area contributed by atoms with E-state index >= 15 is 0 Å². The Morgan fingerprint density at radius 3 is 2.48 bits per heavy atom. The van der Waals surface area contributed by atoms with Gasteiger partial charge in [0.05, 0.1) is 11.5 Å². The van der Waals surface area contributed by atoms with Crippen molar-refractivity contribution in [2.24, 2.45) is 11.1 Å². The zero-order chi connectivity index (χ0) is 16.1. The van der Waals surface area contributed by atoms with Crippen LogP contribution in [0.5, 0.6) is 5.75 Å². The van der Waals surface area contributed by atoms with E-state index in [-0.39, 0.29) is 5.91 Å². The van der Waals surface area contributed by atoms with Crippen LogP contribution in [0.2, 0.25) is 0 Å². The standard InChI is InChI=1S/C18H26N2O3/c19-13-18(9-11-22-12-10-18)17(21)20-14-5-7-16(8-6-14)23-15-3-1-2-4-15/h5-8,15H,1-4,9-13,19H2,(H,20,21). The largest absolute Gasteiger partial charge is 0.490 e. The van der Waals surface area contributed by atoms with E-state index in [1.807, 2.05) is 24.3 Å². The van der Waals surface area contributed by atoms with E-state index in [1.165, 1.54) is 12.8 Å². The summed E-state index contributed by atoms with van der Waals surface area (Å²) in [5.41, 5.74) is 6.15. The fourth-order valence-corrected chi connectivity index (χ4v) is 3.37. The average molecular weight is 318 g/mol. The molecule has 23 heavy (non-hydrogen) atoms. The van der Waals surface area contributed by atoms with Crippen molar-refractivity contribution in [3.8, 4) is 5.75 Å². The van der Waals surface area contributed by atoms with Gasteiger partial charge in [-0.15, -0.1) is 0 Å². The van der Waals surface area contributed by atoms with Crippen LogP contribution < -0.4 is 15.8 Å². The predicted molar refractivity (Wildman–Crippen MR) is 89.5 cm³/mol. The summed E-state index contributed by atoms with van der Waals surface area (Å²) in [5.74, 6) is 0.863. The summed E-state index contributed by atoms with van der Waals surface area (Å²) in [6.45, 7) is 1.54. The van der Waals surface area contributed by atoms with E-state index in [4.69, 9.17) is 15.2 Å². The molecule has 1 aromatic carbocycles. The van der Waals surface area contributed by atoms with Gasteiger partial charge in [0.1, 0.15) is 5.75 Å². The Labute approximate surface area is 137 Å². The van der Waals surface area contributed by atoms with Gasteiger partial charge in [0, 0.05) is 25.4 Å². The van der Waals surface area contributed by atoms with Crippen LogP contribution in [0.4, 0.5) is 5.69 Å². The fraction of sp³-hybridized carbons (Fsp3) is 0.611. The number of hydrogen-bond donors (Lipinski definition) is 2. The lowest BCUT2D eigenvalue weighted by Crippen LogP contribution is -2.46. The van der Waals surface area contributed by atoms with Gasteiger partial charge >= 0.3 is 0 Å². The van der Waals surface area contributed by atoms with E-state index in [0.29, 0.717) is 38.7 Å². The topological polar surface area (TPSA) is 73.6 Å². The molecule has 0 aromatic heterocycles. The maximum Gasteiger partial charge on any atom is 0.232 e. The van der Waals surface area contributed by atoms with Gasteiger partial charge in [0.25, 0.3) is 0 Å². The Morgan fingerprint density at radius 2 is 1.87 bits per heavy atom. The Morgan fingerprint density at radius 1 is 1.22 bits per heavy atom. The van der Waals surface area contributed by atoms with Gasteiger partial charge in [-0.2, -0.15) is 0 Å². The van der Waals surface area contributed by atoms with Gasteiger partial charge in [-0.05, 0) is 62.8 Å². The molecule has 1 aliphatic carbocycles. The van der Waals surface area contributed by atoms with E-state index in [1.54, 1.807) is 0 Å². The normalized spacial score (nSPS) is 21.1. The number of carbonyl (C=O) groups is 1. The summed E-state index contributed by atoms with van der Waals surface area (Å²) in [5, 5.41) is 2.99. The summed E-state index contributed by atoms with van der Waals surface area (Å²) < 4.78 is 11.3. The Balaban J connectivity index is 1.59. The van der Waals surface area contributed by atoms with Crippen molar-refractivity contribution >= 4 is 11.6 Å². The first-order valence-corrected chi connectivity index (χ1v) is 8.58. The van der Waals surface area contributed by atoms with Crippen molar-refractivity contribution in [1.29, 1.82) is 0 Å². The van der Waals surface area contributed by atoms with Crippen molar-refractivity contribution in [3.05, 3.63) is 24.3 Å². The van der Waals surface area contributed by atoms with Crippen LogP contribution in [0.15, 0.2) is 24.3 Å². The molecule has 0 unspecified atom stereocenters. The quantitative estimate of drug-likeness (QED) is 0.875. The van der Waals surface area contributed by atoms with Crippen LogP contribution >= 0.6 is 0 Å². The molecule has 0 spiro atoms. The highest BCUT2D eigenvalue weighted by molar-refractivity contribution is 5.95. The lowest BCUT2D eigenvalue weighted by atomic mass is 9.79. The number of benzene rings is 1. The zero-order valence-corrected chi connectivity index (χ0v) is 13.6. The molecule has 1 saturated carbocycles. The van der Waals surface area contributed by atoms with E-state index in [2.05, 4.69) is 5.32 Å². The second-order valence-electron chi connectivity index (χ2n) is 6.60. The molecule has 1 saturated heterocycles. The number of amides is 1. The molecular formula is C18H26N2O3. The predicted octanol–water partition coefficient (Wildman–Crippen LogP) is 2.70. The van der Waals surface area contributed by atoms with Crippen LogP contribution in [0, 0.1) is 5.41 Å². The molecule has 2 aliphatic rings. The second-order valence-corrected chi connectivity index (χ2v) is 6.60. The molecule has 0 atom stereocenters. The van der Waals surface area contributed by atoms with Crippen LogP contribution in [-0.2, 0) is 9.53 Å². The van der Waals surface area contributed by atoms with Crippen LogP contribution in [-0.4, -0.2) is 31.8 Å². The number of nitrogens with one attached hydrogen (secondary N) is 1. The molecule has 1 heterocycles. The lowest BCUT2D eigenvalue weighted by molar-refractivity contribution is -0.130. The third-order valence-electron chi connectivity index (χ3n) is 5.04. The maximum absolute atomic E-state index is 12.6. The van der Waals surface area contributed by atoms with Gasteiger partial charge in [-0.25, -0.2) is 0 Å². The smallest absolute Gasteiger partial charge is 0.232 e. The molecule has 2 fully saturated rings.